The maximum atomic E-state index is 12.5. The summed E-state index contributed by atoms with van der Waals surface area (Å²) in [5.41, 5.74) is 1.91. The number of hydrogen-bond acceptors (Lipinski definition) is 5. The molecule has 1 N–H and O–H groups in total. The minimum Gasteiger partial charge on any atom is -0.452 e. The van der Waals surface area contributed by atoms with E-state index in [0.717, 1.165) is 10.5 Å². The number of rotatable bonds is 6. The van der Waals surface area contributed by atoms with Crippen LogP contribution in [-0.4, -0.2) is 23.5 Å². The molecule has 3 rings (SSSR count). The highest BCUT2D eigenvalue weighted by molar-refractivity contribution is 7.99. The number of anilines is 1. The first kappa shape index (κ1) is 19.9. The first-order valence-electron chi connectivity index (χ1n) is 8.44. The van der Waals surface area contributed by atoms with Crippen LogP contribution in [0.15, 0.2) is 76.8 Å². The largest absolute Gasteiger partial charge is 0.452 e. The van der Waals surface area contributed by atoms with E-state index >= 15 is 0 Å². The number of aryl methyl sites for hydroxylation is 1. The van der Waals surface area contributed by atoms with Gasteiger partial charge in [0.15, 0.2) is 6.61 Å². The fourth-order valence-corrected chi connectivity index (χ4v) is 3.35. The Bertz CT molecular complexity index is 993. The SMILES string of the molecule is Cc1ccccc1NC(=O)COC(=O)c1cccnc1Sc1ccc(Cl)cc1. The van der Waals surface area contributed by atoms with E-state index in [1.54, 1.807) is 36.5 Å². The van der Waals surface area contributed by atoms with Crippen molar-refractivity contribution in [3.63, 3.8) is 0 Å². The molecule has 0 radical (unpaired) electrons. The predicted octanol–water partition coefficient (Wildman–Crippen LogP) is 4.99. The Balaban J connectivity index is 1.63. The van der Waals surface area contributed by atoms with Crippen LogP contribution in [-0.2, 0) is 9.53 Å². The van der Waals surface area contributed by atoms with Crippen LogP contribution in [0.25, 0.3) is 0 Å². The lowest BCUT2D eigenvalue weighted by atomic mass is 10.2. The number of carbonyl (C=O) groups is 2. The van der Waals surface area contributed by atoms with Gasteiger partial charge in [-0.3, -0.25) is 4.79 Å². The summed E-state index contributed by atoms with van der Waals surface area (Å²) in [6, 6.07) is 17.9. The summed E-state index contributed by atoms with van der Waals surface area (Å²) in [7, 11) is 0. The van der Waals surface area contributed by atoms with Gasteiger partial charge in [-0.2, -0.15) is 0 Å². The van der Waals surface area contributed by atoms with Gasteiger partial charge in [0.25, 0.3) is 5.91 Å². The Morgan fingerprint density at radius 2 is 1.82 bits per heavy atom. The maximum Gasteiger partial charge on any atom is 0.341 e. The first-order chi connectivity index (χ1) is 13.5. The highest BCUT2D eigenvalue weighted by Gasteiger charge is 2.16. The second-order valence-corrected chi connectivity index (χ2v) is 7.35. The molecule has 5 nitrogen and oxygen atoms in total. The number of carbonyl (C=O) groups excluding carboxylic acids is 2. The van der Waals surface area contributed by atoms with Gasteiger partial charge in [0, 0.05) is 21.8 Å². The number of aromatic nitrogens is 1. The number of nitrogens with zero attached hydrogens (tertiary/aromatic N) is 1. The number of ether oxygens (including phenoxy) is 1. The standard InChI is InChI=1S/C21H17ClN2O3S/c1-14-5-2-3-7-18(14)24-19(25)13-27-21(26)17-6-4-12-23-20(17)28-16-10-8-15(22)9-11-16/h2-12H,13H2,1H3,(H,24,25). The third kappa shape index (κ3) is 5.34. The second-order valence-electron chi connectivity index (χ2n) is 5.85. The third-order valence-electron chi connectivity index (χ3n) is 3.77. The lowest BCUT2D eigenvalue weighted by molar-refractivity contribution is -0.119. The van der Waals surface area contributed by atoms with E-state index in [-0.39, 0.29) is 6.61 Å². The number of halogens is 1. The van der Waals surface area contributed by atoms with Crippen molar-refractivity contribution in [2.24, 2.45) is 0 Å². The number of amides is 1. The van der Waals surface area contributed by atoms with Gasteiger partial charge in [-0.1, -0.05) is 41.6 Å². The van der Waals surface area contributed by atoms with Crippen LogP contribution in [0.1, 0.15) is 15.9 Å². The van der Waals surface area contributed by atoms with Crippen molar-refractivity contribution >= 4 is 40.9 Å². The highest BCUT2D eigenvalue weighted by atomic mass is 35.5. The van der Waals surface area contributed by atoms with E-state index in [9.17, 15) is 9.59 Å². The zero-order chi connectivity index (χ0) is 19.9. The van der Waals surface area contributed by atoms with Gasteiger partial charge >= 0.3 is 5.97 Å². The topological polar surface area (TPSA) is 68.3 Å². The van der Waals surface area contributed by atoms with Crippen molar-refractivity contribution in [3.05, 3.63) is 83.0 Å². The van der Waals surface area contributed by atoms with Crippen LogP contribution in [0.5, 0.6) is 0 Å². The molecule has 142 valence electrons. The van der Waals surface area contributed by atoms with Crippen molar-refractivity contribution in [1.82, 2.24) is 4.98 Å². The molecule has 0 atom stereocenters. The zero-order valence-corrected chi connectivity index (χ0v) is 16.6. The molecule has 7 heteroatoms. The number of nitrogens with one attached hydrogen (secondary N) is 1. The average molecular weight is 413 g/mol. The summed E-state index contributed by atoms with van der Waals surface area (Å²) in [6.45, 7) is 1.50. The second kappa shape index (κ2) is 9.39. The fourth-order valence-electron chi connectivity index (χ4n) is 2.35. The molecule has 1 amide bonds. The summed E-state index contributed by atoms with van der Waals surface area (Å²) in [6.07, 6.45) is 1.60. The molecule has 0 saturated heterocycles. The number of hydrogen-bond donors (Lipinski definition) is 1. The van der Waals surface area contributed by atoms with Gasteiger partial charge in [-0.05, 0) is 55.0 Å². The summed E-state index contributed by atoms with van der Waals surface area (Å²) in [5.74, 6) is -1.01. The molecule has 0 bridgehead atoms. The minimum absolute atomic E-state index is 0.297. The molecule has 0 saturated carbocycles. The predicted molar refractivity (Wildman–Crippen MR) is 110 cm³/mol. The van der Waals surface area contributed by atoms with Crippen molar-refractivity contribution in [1.29, 1.82) is 0 Å². The monoisotopic (exact) mass is 412 g/mol. The van der Waals surface area contributed by atoms with Gasteiger partial charge in [-0.25, -0.2) is 9.78 Å². The van der Waals surface area contributed by atoms with Gasteiger partial charge in [0.2, 0.25) is 0 Å². The molecule has 1 heterocycles. The van der Waals surface area contributed by atoms with Crippen LogP contribution >= 0.6 is 23.4 Å². The average Bonchev–Trinajstić information content (AvgIpc) is 2.70. The molecule has 0 aliphatic rings. The van der Waals surface area contributed by atoms with Gasteiger partial charge in [0.05, 0.1) is 5.56 Å². The molecular weight excluding hydrogens is 396 g/mol. The maximum absolute atomic E-state index is 12.5. The van der Waals surface area contributed by atoms with E-state index in [0.29, 0.717) is 21.3 Å². The fraction of sp³-hybridized carbons (Fsp3) is 0.0952. The van der Waals surface area contributed by atoms with Crippen molar-refractivity contribution in [2.75, 3.05) is 11.9 Å². The van der Waals surface area contributed by atoms with Gasteiger partial charge < -0.3 is 10.1 Å². The molecule has 0 spiro atoms. The van der Waals surface area contributed by atoms with Crippen LogP contribution < -0.4 is 5.32 Å². The van der Waals surface area contributed by atoms with E-state index in [1.165, 1.54) is 11.8 Å². The highest BCUT2D eigenvalue weighted by Crippen LogP contribution is 2.29. The van der Waals surface area contributed by atoms with E-state index in [2.05, 4.69) is 10.3 Å². The lowest BCUT2D eigenvalue weighted by Crippen LogP contribution is -2.21. The summed E-state index contributed by atoms with van der Waals surface area (Å²) >= 11 is 7.22. The van der Waals surface area contributed by atoms with E-state index in [4.69, 9.17) is 16.3 Å². The molecule has 0 unspecified atom stereocenters. The van der Waals surface area contributed by atoms with Crippen LogP contribution in [0.3, 0.4) is 0 Å². The number of para-hydroxylation sites is 1. The molecule has 28 heavy (non-hydrogen) atoms. The molecule has 1 aromatic heterocycles. The van der Waals surface area contributed by atoms with Crippen LogP contribution in [0, 0.1) is 6.92 Å². The molecule has 2 aromatic carbocycles. The quantitative estimate of drug-likeness (QED) is 0.577. The van der Waals surface area contributed by atoms with Gasteiger partial charge in [0.1, 0.15) is 5.03 Å². The lowest BCUT2D eigenvalue weighted by Gasteiger charge is -2.10. The first-order valence-corrected chi connectivity index (χ1v) is 9.63. The minimum atomic E-state index is -0.607. The number of pyridine rings is 1. The van der Waals surface area contributed by atoms with Crippen LogP contribution in [0.2, 0.25) is 5.02 Å². The third-order valence-corrected chi connectivity index (χ3v) is 5.05. The summed E-state index contributed by atoms with van der Waals surface area (Å²) in [5, 5.41) is 3.85. The summed E-state index contributed by atoms with van der Waals surface area (Å²) in [4.78, 5) is 29.7. The molecule has 3 aromatic rings. The molecule has 0 aliphatic carbocycles. The molecule has 0 aliphatic heterocycles. The van der Waals surface area contributed by atoms with Crippen molar-refractivity contribution in [3.8, 4) is 0 Å². The zero-order valence-electron chi connectivity index (χ0n) is 15.0. The number of esters is 1. The van der Waals surface area contributed by atoms with E-state index in [1.807, 2.05) is 37.3 Å². The molecule has 0 fully saturated rings. The normalized spacial score (nSPS) is 10.4. The van der Waals surface area contributed by atoms with Crippen molar-refractivity contribution < 1.29 is 14.3 Å². The Kier molecular flexibility index (Phi) is 6.68. The Morgan fingerprint density at radius 1 is 1.07 bits per heavy atom. The van der Waals surface area contributed by atoms with E-state index < -0.39 is 11.9 Å². The Hall–Kier alpha value is -2.83. The Labute approximate surface area is 172 Å². The summed E-state index contributed by atoms with van der Waals surface area (Å²) < 4.78 is 5.17. The molecular formula is C21H17ClN2O3S. The van der Waals surface area contributed by atoms with Crippen LogP contribution in [0.4, 0.5) is 5.69 Å². The van der Waals surface area contributed by atoms with Crippen molar-refractivity contribution in [2.45, 2.75) is 16.8 Å². The van der Waals surface area contributed by atoms with Gasteiger partial charge in [-0.15, -0.1) is 0 Å². The number of benzene rings is 2. The Morgan fingerprint density at radius 3 is 2.57 bits per heavy atom. The smallest absolute Gasteiger partial charge is 0.341 e.